The summed E-state index contributed by atoms with van der Waals surface area (Å²) in [5.41, 5.74) is 1.47. The minimum absolute atomic E-state index is 0.000250. The molecule has 1 aliphatic rings. The molecule has 0 radical (unpaired) electrons. The molecule has 2 heterocycles. The summed E-state index contributed by atoms with van der Waals surface area (Å²) in [7, 11) is -3.86. The van der Waals surface area contributed by atoms with Gasteiger partial charge in [0.1, 0.15) is 11.6 Å². The first kappa shape index (κ1) is 23.7. The number of pyridine rings is 1. The third-order valence-corrected chi connectivity index (χ3v) is 7.29. The Balaban J connectivity index is 1.32. The average molecular weight is 483 g/mol. The lowest BCUT2D eigenvalue weighted by atomic mass is 9.99. The molecule has 0 atom stereocenters. The normalized spacial score (nSPS) is 14.6. The van der Waals surface area contributed by atoms with Gasteiger partial charge < -0.3 is 10.2 Å². The van der Waals surface area contributed by atoms with Crippen LogP contribution in [0.5, 0.6) is 0 Å². The highest BCUT2D eigenvalue weighted by Gasteiger charge is 2.17. The van der Waals surface area contributed by atoms with Gasteiger partial charge in [0.2, 0.25) is 0 Å². The van der Waals surface area contributed by atoms with Gasteiger partial charge >= 0.3 is 0 Å². The molecule has 0 bridgehead atoms. The molecule has 0 spiro atoms. The predicted octanol–water partition coefficient (Wildman–Crippen LogP) is 4.19. The molecule has 4 rings (SSSR count). The first-order valence-electron chi connectivity index (χ1n) is 11.2. The Bertz CT molecular complexity index is 1220. The van der Waals surface area contributed by atoms with Crippen LogP contribution in [0.15, 0.2) is 71.8 Å². The van der Waals surface area contributed by atoms with Crippen LogP contribution in [0.4, 0.5) is 15.9 Å². The van der Waals surface area contributed by atoms with Gasteiger partial charge in [-0.3, -0.25) is 9.52 Å². The summed E-state index contributed by atoms with van der Waals surface area (Å²) >= 11 is 0. The van der Waals surface area contributed by atoms with Crippen molar-refractivity contribution in [2.45, 2.75) is 31.2 Å². The van der Waals surface area contributed by atoms with Gasteiger partial charge in [-0.2, -0.15) is 0 Å². The quantitative estimate of drug-likeness (QED) is 0.527. The van der Waals surface area contributed by atoms with E-state index in [2.05, 4.69) is 26.8 Å². The highest BCUT2D eigenvalue weighted by atomic mass is 32.2. The largest absolute Gasteiger partial charge is 0.357 e. The van der Waals surface area contributed by atoms with Crippen molar-refractivity contribution in [3.05, 3.63) is 83.8 Å². The van der Waals surface area contributed by atoms with Gasteiger partial charge in [0, 0.05) is 37.1 Å². The number of sulfonamides is 1. The number of carbonyl (C=O) groups is 1. The third-order valence-electron chi connectivity index (χ3n) is 5.89. The number of hydrogen-bond acceptors (Lipinski definition) is 5. The molecule has 0 aliphatic carbocycles. The molecule has 1 fully saturated rings. The van der Waals surface area contributed by atoms with Crippen molar-refractivity contribution in [2.75, 3.05) is 22.7 Å². The second-order valence-corrected chi connectivity index (χ2v) is 10.2. The Kier molecular flexibility index (Phi) is 7.12. The van der Waals surface area contributed by atoms with Crippen LogP contribution in [0.25, 0.3) is 0 Å². The number of halogens is 1. The molecule has 1 amide bonds. The van der Waals surface area contributed by atoms with Crippen molar-refractivity contribution >= 4 is 27.4 Å². The van der Waals surface area contributed by atoms with E-state index in [1.54, 1.807) is 6.20 Å². The lowest BCUT2D eigenvalue weighted by Crippen LogP contribution is -2.33. The zero-order chi connectivity index (χ0) is 24.1. The molecule has 1 aliphatic heterocycles. The molecule has 2 N–H and O–H groups in total. The molecule has 34 heavy (non-hydrogen) atoms. The second-order valence-electron chi connectivity index (χ2n) is 8.51. The van der Waals surface area contributed by atoms with E-state index in [1.165, 1.54) is 61.4 Å². The number of anilines is 2. The Morgan fingerprint density at radius 2 is 1.71 bits per heavy atom. The van der Waals surface area contributed by atoms with Crippen LogP contribution < -0.4 is 14.9 Å². The standard InChI is InChI=1S/C25H27FN4O3S/c1-18-12-14-30(15-13-18)24-11-2-19(16-27-24)17-28-25(31)20-3-9-23(10-4-20)34(32,33)29-22-7-5-21(26)6-8-22/h2-11,16,18,29H,12-15,17H2,1H3,(H,28,31). The van der Waals surface area contributed by atoms with Crippen LogP contribution in [0.1, 0.15) is 35.7 Å². The first-order valence-corrected chi connectivity index (χ1v) is 12.6. The van der Waals surface area contributed by atoms with Crippen LogP contribution in [0, 0.1) is 11.7 Å². The summed E-state index contributed by atoms with van der Waals surface area (Å²) in [5.74, 6) is 0.935. The van der Waals surface area contributed by atoms with E-state index in [0.29, 0.717) is 12.1 Å². The number of amides is 1. The number of piperidine rings is 1. The predicted molar refractivity (Wildman–Crippen MR) is 130 cm³/mol. The molecule has 1 saturated heterocycles. The van der Waals surface area contributed by atoms with Gasteiger partial charge in [0.15, 0.2) is 0 Å². The molecular formula is C25H27FN4O3S. The van der Waals surface area contributed by atoms with E-state index in [4.69, 9.17) is 0 Å². The molecule has 9 heteroatoms. The fourth-order valence-corrected chi connectivity index (χ4v) is 4.81. The maximum Gasteiger partial charge on any atom is 0.261 e. The second kappa shape index (κ2) is 10.2. The number of aromatic nitrogens is 1. The number of nitrogens with zero attached hydrogens (tertiary/aromatic N) is 2. The third kappa shape index (κ3) is 5.91. The highest BCUT2D eigenvalue weighted by Crippen LogP contribution is 2.21. The monoisotopic (exact) mass is 482 g/mol. The summed E-state index contributed by atoms with van der Waals surface area (Å²) < 4.78 is 40.4. The van der Waals surface area contributed by atoms with Crippen LogP contribution in [-0.4, -0.2) is 32.4 Å². The van der Waals surface area contributed by atoms with Crippen molar-refractivity contribution < 1.29 is 17.6 Å². The van der Waals surface area contributed by atoms with Gasteiger partial charge in [0.25, 0.3) is 15.9 Å². The van der Waals surface area contributed by atoms with Gasteiger partial charge in [-0.15, -0.1) is 0 Å². The Morgan fingerprint density at radius 1 is 1.03 bits per heavy atom. The van der Waals surface area contributed by atoms with Crippen molar-refractivity contribution in [3.8, 4) is 0 Å². The van der Waals surface area contributed by atoms with Gasteiger partial charge in [0.05, 0.1) is 4.90 Å². The lowest BCUT2D eigenvalue weighted by molar-refractivity contribution is 0.0951. The fraction of sp³-hybridized carbons (Fsp3) is 0.280. The Morgan fingerprint density at radius 3 is 2.32 bits per heavy atom. The van der Waals surface area contributed by atoms with Gasteiger partial charge in [-0.25, -0.2) is 17.8 Å². The minimum atomic E-state index is -3.86. The first-order chi connectivity index (χ1) is 16.3. The number of rotatable bonds is 7. The summed E-state index contributed by atoms with van der Waals surface area (Å²) in [6.07, 6.45) is 4.11. The summed E-state index contributed by atoms with van der Waals surface area (Å²) in [5, 5.41) is 2.83. The van der Waals surface area contributed by atoms with Crippen LogP contribution in [0.3, 0.4) is 0 Å². The van der Waals surface area contributed by atoms with E-state index < -0.39 is 15.8 Å². The van der Waals surface area contributed by atoms with Crippen molar-refractivity contribution in [1.82, 2.24) is 10.3 Å². The van der Waals surface area contributed by atoms with Gasteiger partial charge in [-0.05, 0) is 78.9 Å². The molecule has 0 unspecified atom stereocenters. The van der Waals surface area contributed by atoms with Crippen LogP contribution in [0.2, 0.25) is 0 Å². The minimum Gasteiger partial charge on any atom is -0.357 e. The van der Waals surface area contributed by atoms with Crippen molar-refractivity contribution in [1.29, 1.82) is 0 Å². The number of hydrogen-bond donors (Lipinski definition) is 2. The smallest absolute Gasteiger partial charge is 0.261 e. The molecule has 3 aromatic rings. The maximum absolute atomic E-state index is 13.0. The SMILES string of the molecule is CC1CCN(c2ccc(CNC(=O)c3ccc(S(=O)(=O)Nc4ccc(F)cc4)cc3)cn2)CC1. The van der Waals surface area contributed by atoms with E-state index in [1.807, 2.05) is 12.1 Å². The molecular weight excluding hydrogens is 455 g/mol. The van der Waals surface area contributed by atoms with Crippen LogP contribution in [-0.2, 0) is 16.6 Å². The number of nitrogens with one attached hydrogen (secondary N) is 2. The Labute approximate surface area is 199 Å². The van der Waals surface area contributed by atoms with E-state index in [0.717, 1.165) is 30.4 Å². The maximum atomic E-state index is 13.0. The average Bonchev–Trinajstić information content (AvgIpc) is 2.85. The topological polar surface area (TPSA) is 91.4 Å². The van der Waals surface area contributed by atoms with Gasteiger partial charge in [-0.1, -0.05) is 13.0 Å². The Hall–Kier alpha value is -3.46. The lowest BCUT2D eigenvalue weighted by Gasteiger charge is -2.31. The fourth-order valence-electron chi connectivity index (χ4n) is 3.75. The van der Waals surface area contributed by atoms with E-state index in [-0.39, 0.29) is 16.5 Å². The van der Waals surface area contributed by atoms with E-state index in [9.17, 15) is 17.6 Å². The zero-order valence-electron chi connectivity index (χ0n) is 18.9. The molecule has 2 aromatic carbocycles. The molecule has 1 aromatic heterocycles. The summed E-state index contributed by atoms with van der Waals surface area (Å²) in [6, 6.07) is 14.6. The molecule has 7 nitrogen and oxygen atoms in total. The zero-order valence-corrected chi connectivity index (χ0v) is 19.7. The molecule has 178 valence electrons. The van der Waals surface area contributed by atoms with Crippen molar-refractivity contribution in [2.24, 2.45) is 5.92 Å². The number of benzene rings is 2. The summed E-state index contributed by atoms with van der Waals surface area (Å²) in [6.45, 7) is 4.61. The highest BCUT2D eigenvalue weighted by molar-refractivity contribution is 7.92. The number of carbonyl (C=O) groups excluding carboxylic acids is 1. The summed E-state index contributed by atoms with van der Waals surface area (Å²) in [4.78, 5) is 19.3. The van der Waals surface area contributed by atoms with E-state index >= 15 is 0 Å². The van der Waals surface area contributed by atoms with Crippen molar-refractivity contribution in [3.63, 3.8) is 0 Å². The molecule has 0 saturated carbocycles. The van der Waals surface area contributed by atoms with Crippen LogP contribution >= 0.6 is 0 Å².